The number of rotatable bonds is 8. The standard InChI is InChI=1S/C31H25O3P/c1-24-20-22-27(23-21-24)32-35(33-30-18-10-8-16-28(30)25-12-4-2-5-13-25)34-31-19-11-9-17-29(31)26-14-6-3-7-15-26/h2-23H,1H3. The van der Waals surface area contributed by atoms with Crippen molar-refractivity contribution in [2.45, 2.75) is 6.92 Å². The summed E-state index contributed by atoms with van der Waals surface area (Å²) in [6, 6.07) is 44.1. The van der Waals surface area contributed by atoms with E-state index in [9.17, 15) is 0 Å². The summed E-state index contributed by atoms with van der Waals surface area (Å²) in [4.78, 5) is 0. The van der Waals surface area contributed by atoms with Crippen molar-refractivity contribution >= 4 is 8.60 Å². The van der Waals surface area contributed by atoms with E-state index >= 15 is 0 Å². The van der Waals surface area contributed by atoms with Crippen LogP contribution in [0.5, 0.6) is 17.2 Å². The predicted octanol–water partition coefficient (Wildman–Crippen LogP) is 9.09. The second kappa shape index (κ2) is 10.9. The molecule has 0 N–H and O–H groups in total. The maximum atomic E-state index is 6.45. The van der Waals surface area contributed by atoms with Gasteiger partial charge in [-0.25, -0.2) is 0 Å². The summed E-state index contributed by atoms with van der Waals surface area (Å²) < 4.78 is 19.2. The Morgan fingerprint density at radius 1 is 0.429 bits per heavy atom. The van der Waals surface area contributed by atoms with E-state index in [4.69, 9.17) is 13.6 Å². The van der Waals surface area contributed by atoms with Gasteiger partial charge in [0.1, 0.15) is 17.2 Å². The lowest BCUT2D eigenvalue weighted by Gasteiger charge is -2.21. The molecular weight excluding hydrogens is 451 g/mol. The highest BCUT2D eigenvalue weighted by atomic mass is 31.2. The summed E-state index contributed by atoms with van der Waals surface area (Å²) in [5.74, 6) is 2.10. The summed E-state index contributed by atoms with van der Waals surface area (Å²) in [7, 11) is -1.81. The predicted molar refractivity (Wildman–Crippen MR) is 144 cm³/mol. The molecule has 0 aliphatic rings. The van der Waals surface area contributed by atoms with Gasteiger partial charge in [-0.3, -0.25) is 0 Å². The Morgan fingerprint density at radius 3 is 1.34 bits per heavy atom. The molecule has 172 valence electrons. The van der Waals surface area contributed by atoms with Gasteiger partial charge in [0, 0.05) is 11.1 Å². The zero-order valence-corrected chi connectivity index (χ0v) is 20.3. The first-order valence-electron chi connectivity index (χ1n) is 11.5. The molecule has 5 aromatic rings. The van der Waals surface area contributed by atoms with E-state index in [2.05, 4.69) is 24.3 Å². The van der Waals surface area contributed by atoms with E-state index in [1.165, 1.54) is 0 Å². The van der Waals surface area contributed by atoms with Gasteiger partial charge in [0.25, 0.3) is 0 Å². The molecule has 0 atom stereocenters. The van der Waals surface area contributed by atoms with Gasteiger partial charge in [-0.05, 0) is 42.3 Å². The molecule has 0 amide bonds. The molecule has 0 fully saturated rings. The van der Waals surface area contributed by atoms with Gasteiger partial charge in [-0.2, -0.15) is 0 Å². The van der Waals surface area contributed by atoms with E-state index in [1.54, 1.807) is 0 Å². The SMILES string of the molecule is Cc1ccc(OP(Oc2ccccc2-c2ccccc2)Oc2ccccc2-c2ccccc2)cc1. The number of para-hydroxylation sites is 2. The third-order valence-electron chi connectivity index (χ3n) is 5.49. The van der Waals surface area contributed by atoms with Crippen LogP contribution in [-0.4, -0.2) is 0 Å². The highest BCUT2D eigenvalue weighted by Crippen LogP contribution is 2.47. The fraction of sp³-hybridized carbons (Fsp3) is 0.0323. The zero-order valence-electron chi connectivity index (χ0n) is 19.4. The van der Waals surface area contributed by atoms with Crippen molar-refractivity contribution in [1.29, 1.82) is 0 Å². The second-order valence-corrected chi connectivity index (χ2v) is 9.03. The first kappa shape index (κ1) is 22.7. The maximum absolute atomic E-state index is 6.45. The van der Waals surface area contributed by atoms with Crippen LogP contribution in [-0.2, 0) is 0 Å². The molecule has 0 aliphatic carbocycles. The minimum atomic E-state index is -1.81. The summed E-state index contributed by atoms with van der Waals surface area (Å²) in [6.07, 6.45) is 0. The Hall–Kier alpha value is -4.07. The van der Waals surface area contributed by atoms with Crippen LogP contribution in [0.3, 0.4) is 0 Å². The molecule has 0 spiro atoms. The molecule has 5 rings (SSSR count). The average Bonchev–Trinajstić information content (AvgIpc) is 2.92. The molecule has 5 aromatic carbocycles. The summed E-state index contributed by atoms with van der Waals surface area (Å²) in [5.41, 5.74) is 5.25. The lowest BCUT2D eigenvalue weighted by molar-refractivity contribution is 0.389. The average molecular weight is 477 g/mol. The number of hydrogen-bond acceptors (Lipinski definition) is 3. The van der Waals surface area contributed by atoms with Gasteiger partial charge < -0.3 is 13.6 Å². The van der Waals surface area contributed by atoms with Gasteiger partial charge in [0.2, 0.25) is 0 Å². The highest BCUT2D eigenvalue weighted by molar-refractivity contribution is 7.43. The maximum Gasteiger partial charge on any atom is 0.530 e. The van der Waals surface area contributed by atoms with Crippen LogP contribution in [0.4, 0.5) is 0 Å². The third-order valence-corrected chi connectivity index (χ3v) is 6.54. The minimum absolute atomic E-state index is 0.691. The number of hydrogen-bond donors (Lipinski definition) is 0. The molecule has 0 unspecified atom stereocenters. The first-order valence-corrected chi connectivity index (χ1v) is 12.6. The Balaban J connectivity index is 1.49. The fourth-order valence-corrected chi connectivity index (χ4v) is 4.75. The van der Waals surface area contributed by atoms with Crippen LogP contribution in [0.2, 0.25) is 0 Å². The van der Waals surface area contributed by atoms with Crippen molar-refractivity contribution in [2.24, 2.45) is 0 Å². The molecule has 35 heavy (non-hydrogen) atoms. The van der Waals surface area contributed by atoms with Crippen LogP contribution < -0.4 is 13.6 Å². The lowest BCUT2D eigenvalue weighted by Crippen LogP contribution is -2.04. The highest BCUT2D eigenvalue weighted by Gasteiger charge is 2.23. The van der Waals surface area contributed by atoms with Crippen molar-refractivity contribution in [2.75, 3.05) is 0 Å². The molecule has 0 bridgehead atoms. The van der Waals surface area contributed by atoms with E-state index in [-0.39, 0.29) is 0 Å². The van der Waals surface area contributed by atoms with Gasteiger partial charge >= 0.3 is 8.60 Å². The Morgan fingerprint density at radius 2 is 0.857 bits per heavy atom. The van der Waals surface area contributed by atoms with E-state index in [1.807, 2.05) is 116 Å². The Kier molecular flexibility index (Phi) is 7.07. The van der Waals surface area contributed by atoms with Gasteiger partial charge in [0.05, 0.1) is 0 Å². The minimum Gasteiger partial charge on any atom is -0.409 e. The monoisotopic (exact) mass is 476 g/mol. The fourth-order valence-electron chi connectivity index (χ4n) is 3.71. The lowest BCUT2D eigenvalue weighted by atomic mass is 10.1. The molecule has 0 saturated heterocycles. The van der Waals surface area contributed by atoms with Crippen LogP contribution >= 0.6 is 8.60 Å². The molecule has 0 saturated carbocycles. The Labute approximate surface area is 207 Å². The second-order valence-electron chi connectivity index (χ2n) is 8.03. The van der Waals surface area contributed by atoms with Crippen molar-refractivity contribution in [3.8, 4) is 39.5 Å². The third kappa shape index (κ3) is 5.71. The number of benzene rings is 5. The largest absolute Gasteiger partial charge is 0.530 e. The molecule has 0 aliphatic heterocycles. The molecular formula is C31H25O3P. The quantitative estimate of drug-likeness (QED) is 0.209. The van der Waals surface area contributed by atoms with Crippen molar-refractivity contribution in [3.05, 3.63) is 139 Å². The van der Waals surface area contributed by atoms with E-state index in [0.29, 0.717) is 17.2 Å². The van der Waals surface area contributed by atoms with E-state index < -0.39 is 8.60 Å². The van der Waals surface area contributed by atoms with Crippen LogP contribution in [0.15, 0.2) is 133 Å². The van der Waals surface area contributed by atoms with Crippen molar-refractivity contribution in [1.82, 2.24) is 0 Å². The normalized spacial score (nSPS) is 10.7. The van der Waals surface area contributed by atoms with E-state index in [0.717, 1.165) is 27.8 Å². The van der Waals surface area contributed by atoms with Crippen LogP contribution in [0.1, 0.15) is 5.56 Å². The zero-order chi connectivity index (χ0) is 23.9. The topological polar surface area (TPSA) is 27.7 Å². The molecule has 0 heterocycles. The smallest absolute Gasteiger partial charge is 0.409 e. The van der Waals surface area contributed by atoms with Gasteiger partial charge in [0.15, 0.2) is 0 Å². The Bertz CT molecular complexity index is 1280. The van der Waals surface area contributed by atoms with Crippen molar-refractivity contribution < 1.29 is 13.6 Å². The van der Waals surface area contributed by atoms with Gasteiger partial charge in [-0.1, -0.05) is 115 Å². The molecule has 0 radical (unpaired) electrons. The molecule has 3 nitrogen and oxygen atoms in total. The molecule has 0 aromatic heterocycles. The summed E-state index contributed by atoms with van der Waals surface area (Å²) in [6.45, 7) is 2.05. The van der Waals surface area contributed by atoms with Crippen LogP contribution in [0.25, 0.3) is 22.3 Å². The van der Waals surface area contributed by atoms with Gasteiger partial charge in [-0.15, -0.1) is 0 Å². The summed E-state index contributed by atoms with van der Waals surface area (Å²) >= 11 is 0. The van der Waals surface area contributed by atoms with Crippen molar-refractivity contribution in [3.63, 3.8) is 0 Å². The summed E-state index contributed by atoms with van der Waals surface area (Å²) in [5, 5.41) is 0. The van der Waals surface area contributed by atoms with Crippen LogP contribution in [0, 0.1) is 6.92 Å². The first-order chi connectivity index (χ1) is 17.3. The molecule has 4 heteroatoms. The number of aryl methyl sites for hydroxylation is 1.